The van der Waals surface area contributed by atoms with Crippen LogP contribution in [0, 0.1) is 0 Å². The first-order chi connectivity index (χ1) is 16.1. The molecule has 1 N–H and O–H groups in total. The van der Waals surface area contributed by atoms with Gasteiger partial charge in [0.25, 0.3) is 11.7 Å². The first-order valence-electron chi connectivity index (χ1n) is 11.7. The highest BCUT2D eigenvalue weighted by Gasteiger charge is 2.45. The smallest absolute Gasteiger partial charge is 0.295 e. The topological polar surface area (TPSA) is 76.1 Å². The molecule has 0 aromatic heterocycles. The maximum atomic E-state index is 13.2. The molecule has 1 atom stereocenters. The Morgan fingerprint density at radius 2 is 1.76 bits per heavy atom. The van der Waals surface area contributed by atoms with E-state index in [1.807, 2.05) is 50.2 Å². The number of Topliss-reactive ketones (excluding diaryl/α,β-unsaturated/α-hetero) is 1. The molecular formula is C28H35NO5. The van der Waals surface area contributed by atoms with Crippen molar-refractivity contribution in [1.29, 1.82) is 0 Å². The monoisotopic (exact) mass is 465 g/mol. The average Bonchev–Trinajstić information content (AvgIpc) is 3.05. The predicted molar refractivity (Wildman–Crippen MR) is 133 cm³/mol. The molecule has 1 saturated heterocycles. The molecule has 182 valence electrons. The minimum absolute atomic E-state index is 0.0902. The van der Waals surface area contributed by atoms with E-state index in [9.17, 15) is 14.7 Å². The number of methoxy groups -OCH3 is 1. The maximum absolute atomic E-state index is 13.2. The van der Waals surface area contributed by atoms with Crippen LogP contribution in [-0.4, -0.2) is 48.1 Å². The number of benzene rings is 2. The molecule has 1 unspecified atom stereocenters. The molecule has 0 spiro atoms. The van der Waals surface area contributed by atoms with Gasteiger partial charge in [0.1, 0.15) is 11.5 Å². The van der Waals surface area contributed by atoms with Gasteiger partial charge in [-0.2, -0.15) is 0 Å². The molecule has 2 aromatic carbocycles. The summed E-state index contributed by atoms with van der Waals surface area (Å²) < 4.78 is 11.1. The van der Waals surface area contributed by atoms with E-state index in [-0.39, 0.29) is 22.9 Å². The van der Waals surface area contributed by atoms with E-state index in [1.165, 1.54) is 0 Å². The first kappa shape index (κ1) is 25.5. The van der Waals surface area contributed by atoms with Gasteiger partial charge >= 0.3 is 0 Å². The molecule has 0 saturated carbocycles. The number of aliphatic hydroxyl groups excluding tert-OH is 1. The molecule has 1 fully saturated rings. The molecule has 6 heteroatoms. The highest BCUT2D eigenvalue weighted by Crippen LogP contribution is 2.41. The summed E-state index contributed by atoms with van der Waals surface area (Å²) in [5, 5.41) is 11.4. The normalized spacial score (nSPS) is 18.1. The Labute approximate surface area is 202 Å². The lowest BCUT2D eigenvalue weighted by atomic mass is 9.84. The van der Waals surface area contributed by atoms with E-state index in [0.29, 0.717) is 30.9 Å². The van der Waals surface area contributed by atoms with Crippen molar-refractivity contribution < 1.29 is 24.2 Å². The van der Waals surface area contributed by atoms with Crippen molar-refractivity contribution in [3.63, 3.8) is 0 Å². The first-order valence-corrected chi connectivity index (χ1v) is 11.7. The fourth-order valence-corrected chi connectivity index (χ4v) is 4.24. The minimum atomic E-state index is -0.677. The number of rotatable bonds is 8. The van der Waals surface area contributed by atoms with Gasteiger partial charge in [0.15, 0.2) is 0 Å². The van der Waals surface area contributed by atoms with Gasteiger partial charge in [0, 0.05) is 24.3 Å². The number of carbonyl (C=O) groups excluding carboxylic acids is 2. The standard InChI is InChI=1S/C28H35NO5/c1-18(2)34-16-10-15-29-24(19-11-8-7-9-12-19)23(26(31)27(29)32)25(30)20-13-14-22(33-6)21(17-20)28(3,4)5/h7-9,11-14,17-18,24,30H,10,15-16H2,1-6H3/b25-23-. The Morgan fingerprint density at radius 1 is 1.09 bits per heavy atom. The Balaban J connectivity index is 2.09. The van der Waals surface area contributed by atoms with E-state index < -0.39 is 17.7 Å². The van der Waals surface area contributed by atoms with Gasteiger partial charge in [-0.15, -0.1) is 0 Å². The summed E-state index contributed by atoms with van der Waals surface area (Å²) in [7, 11) is 1.61. The van der Waals surface area contributed by atoms with Crippen molar-refractivity contribution >= 4 is 17.4 Å². The molecule has 1 aliphatic heterocycles. The van der Waals surface area contributed by atoms with Crippen LogP contribution in [0.1, 0.15) is 63.8 Å². The Morgan fingerprint density at radius 3 is 2.35 bits per heavy atom. The number of hydrogen-bond donors (Lipinski definition) is 1. The number of carbonyl (C=O) groups is 2. The second-order valence-electron chi connectivity index (χ2n) is 9.84. The molecule has 1 amide bonds. The van der Waals surface area contributed by atoms with Crippen molar-refractivity contribution in [2.45, 2.75) is 58.6 Å². The summed E-state index contributed by atoms with van der Waals surface area (Å²) in [6.07, 6.45) is 0.679. The van der Waals surface area contributed by atoms with Crippen LogP contribution in [0.4, 0.5) is 0 Å². The van der Waals surface area contributed by atoms with Crippen molar-refractivity contribution in [2.75, 3.05) is 20.3 Å². The van der Waals surface area contributed by atoms with Crippen LogP contribution in [-0.2, 0) is 19.7 Å². The van der Waals surface area contributed by atoms with Gasteiger partial charge in [-0.05, 0) is 49.4 Å². The van der Waals surface area contributed by atoms with E-state index in [0.717, 1.165) is 11.1 Å². The number of nitrogens with zero attached hydrogens (tertiary/aromatic N) is 1. The van der Waals surface area contributed by atoms with E-state index in [4.69, 9.17) is 9.47 Å². The minimum Gasteiger partial charge on any atom is -0.507 e. The lowest BCUT2D eigenvalue weighted by Crippen LogP contribution is -2.31. The zero-order valence-corrected chi connectivity index (χ0v) is 20.9. The Hall–Kier alpha value is -3.12. The number of hydrogen-bond acceptors (Lipinski definition) is 5. The van der Waals surface area contributed by atoms with Crippen molar-refractivity contribution in [1.82, 2.24) is 4.90 Å². The summed E-state index contributed by atoms with van der Waals surface area (Å²) in [6.45, 7) is 10.9. The molecule has 2 aromatic rings. The highest BCUT2D eigenvalue weighted by molar-refractivity contribution is 6.46. The number of ether oxygens (including phenoxy) is 2. The molecular weight excluding hydrogens is 430 g/mol. The van der Waals surface area contributed by atoms with E-state index >= 15 is 0 Å². The third-order valence-corrected chi connectivity index (χ3v) is 5.93. The Bertz CT molecular complexity index is 1070. The fraction of sp³-hybridized carbons (Fsp3) is 0.429. The predicted octanol–water partition coefficient (Wildman–Crippen LogP) is 5.23. The van der Waals surface area contributed by atoms with Gasteiger partial charge in [-0.3, -0.25) is 9.59 Å². The largest absolute Gasteiger partial charge is 0.507 e. The van der Waals surface area contributed by atoms with Gasteiger partial charge in [-0.25, -0.2) is 0 Å². The number of aliphatic hydroxyl groups is 1. The molecule has 0 radical (unpaired) electrons. The van der Waals surface area contributed by atoms with Crippen LogP contribution in [0.5, 0.6) is 5.75 Å². The van der Waals surface area contributed by atoms with Crippen LogP contribution in [0.15, 0.2) is 54.1 Å². The van der Waals surface area contributed by atoms with Crippen molar-refractivity contribution in [3.05, 3.63) is 70.8 Å². The summed E-state index contributed by atoms with van der Waals surface area (Å²) >= 11 is 0. The molecule has 3 rings (SSSR count). The summed E-state index contributed by atoms with van der Waals surface area (Å²) in [5.74, 6) is -0.760. The maximum Gasteiger partial charge on any atom is 0.295 e. The molecule has 6 nitrogen and oxygen atoms in total. The third kappa shape index (κ3) is 5.33. The fourth-order valence-electron chi connectivity index (χ4n) is 4.24. The van der Waals surface area contributed by atoms with Crippen LogP contribution in [0.2, 0.25) is 0 Å². The molecule has 34 heavy (non-hydrogen) atoms. The van der Waals surface area contributed by atoms with Crippen LogP contribution < -0.4 is 4.74 Å². The average molecular weight is 466 g/mol. The molecule has 1 aliphatic rings. The molecule has 1 heterocycles. The molecule has 0 bridgehead atoms. The highest BCUT2D eigenvalue weighted by atomic mass is 16.5. The third-order valence-electron chi connectivity index (χ3n) is 5.93. The van der Waals surface area contributed by atoms with Gasteiger partial charge in [0.2, 0.25) is 0 Å². The summed E-state index contributed by atoms with van der Waals surface area (Å²) in [6, 6.07) is 14.0. The van der Waals surface area contributed by atoms with Crippen molar-refractivity contribution in [3.8, 4) is 5.75 Å². The van der Waals surface area contributed by atoms with Crippen LogP contribution >= 0.6 is 0 Å². The van der Waals surface area contributed by atoms with E-state index in [2.05, 4.69) is 20.8 Å². The lowest BCUT2D eigenvalue weighted by molar-refractivity contribution is -0.140. The number of amides is 1. The number of ketones is 1. The van der Waals surface area contributed by atoms with Gasteiger partial charge < -0.3 is 19.5 Å². The molecule has 0 aliphatic carbocycles. The van der Waals surface area contributed by atoms with Gasteiger partial charge in [0.05, 0.1) is 24.8 Å². The zero-order chi connectivity index (χ0) is 25.0. The SMILES string of the molecule is COc1ccc(/C(O)=C2/C(=O)C(=O)N(CCCOC(C)C)C2c2ccccc2)cc1C(C)(C)C. The van der Waals surface area contributed by atoms with E-state index in [1.54, 1.807) is 24.1 Å². The van der Waals surface area contributed by atoms with Crippen molar-refractivity contribution in [2.24, 2.45) is 0 Å². The zero-order valence-electron chi connectivity index (χ0n) is 20.9. The quantitative estimate of drug-likeness (QED) is 0.250. The second-order valence-corrected chi connectivity index (χ2v) is 9.84. The summed E-state index contributed by atoms with van der Waals surface area (Å²) in [5.41, 5.74) is 2.01. The second kappa shape index (κ2) is 10.4. The van der Waals surface area contributed by atoms with Crippen LogP contribution in [0.25, 0.3) is 5.76 Å². The Kier molecular flexibility index (Phi) is 7.82. The number of likely N-dealkylation sites (tertiary alicyclic amines) is 1. The summed E-state index contributed by atoms with van der Waals surface area (Å²) in [4.78, 5) is 27.8. The lowest BCUT2D eigenvalue weighted by Gasteiger charge is -2.26. The van der Waals surface area contributed by atoms with Gasteiger partial charge in [-0.1, -0.05) is 51.1 Å². The van der Waals surface area contributed by atoms with Crippen LogP contribution in [0.3, 0.4) is 0 Å².